The van der Waals surface area contributed by atoms with Gasteiger partial charge in [0.15, 0.2) is 0 Å². The van der Waals surface area contributed by atoms with Crippen molar-refractivity contribution in [3.8, 4) is 5.75 Å². The molecule has 0 bridgehead atoms. The van der Waals surface area contributed by atoms with Crippen molar-refractivity contribution in [2.75, 3.05) is 59.6 Å². The summed E-state index contributed by atoms with van der Waals surface area (Å²) in [6, 6.07) is 17.1. The number of hydrogen-bond acceptors (Lipinski definition) is 6. The molecule has 1 fully saturated rings. The van der Waals surface area contributed by atoms with Crippen molar-refractivity contribution < 1.29 is 19.1 Å². The van der Waals surface area contributed by atoms with Gasteiger partial charge in [0.05, 0.1) is 32.1 Å². The first-order chi connectivity index (χ1) is 17.6. The predicted octanol–water partition coefficient (Wildman–Crippen LogP) is 2.74. The number of ether oxygens (including phenoxy) is 2. The smallest absolute Gasteiger partial charge is 0.317 e. The molecule has 4 rings (SSSR count). The van der Waals surface area contributed by atoms with Crippen LogP contribution in [0, 0.1) is 0 Å². The van der Waals surface area contributed by atoms with E-state index < -0.39 is 0 Å². The second kappa shape index (κ2) is 12.5. The van der Waals surface area contributed by atoms with Crippen molar-refractivity contribution in [3.63, 3.8) is 0 Å². The highest BCUT2D eigenvalue weighted by molar-refractivity contribution is 6.03. The van der Waals surface area contributed by atoms with Crippen LogP contribution in [0.1, 0.15) is 30.5 Å². The van der Waals surface area contributed by atoms with Gasteiger partial charge in [0.1, 0.15) is 12.3 Å². The molecule has 3 amide bonds. The Labute approximate surface area is 212 Å². The van der Waals surface area contributed by atoms with Crippen molar-refractivity contribution in [1.29, 1.82) is 0 Å². The van der Waals surface area contributed by atoms with Crippen LogP contribution < -0.4 is 10.1 Å². The van der Waals surface area contributed by atoms with Gasteiger partial charge in [-0.2, -0.15) is 5.10 Å². The molecule has 2 aliphatic rings. The fraction of sp³-hybridized carbons (Fsp3) is 0.444. The first-order valence-corrected chi connectivity index (χ1v) is 12.5. The summed E-state index contributed by atoms with van der Waals surface area (Å²) in [5.74, 6) is 0.559. The lowest BCUT2D eigenvalue weighted by Gasteiger charge is -2.31. The monoisotopic (exact) mass is 493 g/mol. The number of amides is 3. The summed E-state index contributed by atoms with van der Waals surface area (Å²) >= 11 is 0. The molecule has 0 aliphatic carbocycles. The van der Waals surface area contributed by atoms with E-state index in [1.807, 2.05) is 61.5 Å². The largest absolute Gasteiger partial charge is 0.497 e. The van der Waals surface area contributed by atoms with E-state index in [1.54, 1.807) is 17.0 Å². The van der Waals surface area contributed by atoms with Crippen LogP contribution in [0.4, 0.5) is 4.79 Å². The predicted molar refractivity (Wildman–Crippen MR) is 138 cm³/mol. The third-order valence-corrected chi connectivity index (χ3v) is 6.50. The maximum Gasteiger partial charge on any atom is 0.317 e. The summed E-state index contributed by atoms with van der Waals surface area (Å²) in [6.45, 7) is 6.51. The second-order valence-electron chi connectivity index (χ2n) is 8.86. The number of nitrogens with zero attached hydrogens (tertiary/aromatic N) is 4. The Balaban J connectivity index is 1.53. The zero-order chi connectivity index (χ0) is 25.3. The minimum atomic E-state index is -0.242. The highest BCUT2D eigenvalue weighted by Crippen LogP contribution is 2.33. The van der Waals surface area contributed by atoms with Crippen LogP contribution in [0.25, 0.3) is 0 Å². The summed E-state index contributed by atoms with van der Waals surface area (Å²) in [7, 11) is 1.63. The Morgan fingerprint density at radius 1 is 1.11 bits per heavy atom. The van der Waals surface area contributed by atoms with Crippen LogP contribution in [0.3, 0.4) is 0 Å². The van der Waals surface area contributed by atoms with Crippen LogP contribution in [-0.2, 0) is 9.53 Å². The van der Waals surface area contributed by atoms with Gasteiger partial charge in [-0.05, 0) is 42.3 Å². The average Bonchev–Trinajstić information content (AvgIpc) is 3.38. The Hall–Kier alpha value is -3.43. The number of morpholine rings is 1. The summed E-state index contributed by atoms with van der Waals surface area (Å²) in [4.78, 5) is 30.3. The number of benzene rings is 2. The number of urea groups is 1. The molecule has 0 saturated carbocycles. The van der Waals surface area contributed by atoms with Gasteiger partial charge in [-0.3, -0.25) is 9.69 Å². The molecule has 2 aliphatic heterocycles. The van der Waals surface area contributed by atoms with E-state index in [0.29, 0.717) is 39.3 Å². The van der Waals surface area contributed by atoms with Crippen LogP contribution in [0.2, 0.25) is 0 Å². The van der Waals surface area contributed by atoms with Gasteiger partial charge in [0, 0.05) is 39.1 Å². The first kappa shape index (κ1) is 25.7. The summed E-state index contributed by atoms with van der Waals surface area (Å²) in [5.41, 5.74) is 2.79. The molecule has 2 aromatic carbocycles. The molecule has 2 heterocycles. The average molecular weight is 494 g/mol. The Morgan fingerprint density at radius 3 is 2.50 bits per heavy atom. The number of carbonyl (C=O) groups is 2. The summed E-state index contributed by atoms with van der Waals surface area (Å²) in [6.07, 6.45) is 0.594. The molecule has 0 radical (unpaired) electrons. The zero-order valence-electron chi connectivity index (χ0n) is 21.1. The molecular formula is C27H35N5O4. The molecule has 0 spiro atoms. The topological polar surface area (TPSA) is 86.7 Å². The van der Waals surface area contributed by atoms with E-state index in [9.17, 15) is 9.59 Å². The van der Waals surface area contributed by atoms with Crippen LogP contribution in [0.5, 0.6) is 5.75 Å². The molecular weight excluding hydrogens is 458 g/mol. The Kier molecular flexibility index (Phi) is 8.91. The molecule has 9 heteroatoms. The van der Waals surface area contributed by atoms with E-state index in [4.69, 9.17) is 14.6 Å². The Bertz CT molecular complexity index is 1040. The van der Waals surface area contributed by atoms with Gasteiger partial charge in [-0.1, -0.05) is 30.3 Å². The zero-order valence-corrected chi connectivity index (χ0v) is 21.1. The minimum Gasteiger partial charge on any atom is -0.497 e. The number of rotatable bonds is 9. The van der Waals surface area contributed by atoms with Crippen molar-refractivity contribution in [2.45, 2.75) is 19.4 Å². The SMILES string of the molecule is CCNC(=O)N(CCN1CCOCC1)CC(=O)N1N=C(c2ccc(OC)cc2)C[C@@H]1c1ccccc1. The Morgan fingerprint density at radius 2 is 1.83 bits per heavy atom. The standard InChI is InChI=1S/C27H35N5O4/c1-3-28-27(34)31(14-13-30-15-17-36-18-16-30)20-26(33)32-25(22-7-5-4-6-8-22)19-24(29-32)21-9-11-23(35-2)12-10-21/h4-12,25H,3,13-20H2,1-2H3,(H,28,34)/t25-/m1/s1. The normalized spacial score (nSPS) is 18.0. The van der Waals surface area contributed by atoms with Gasteiger partial charge in [0.25, 0.3) is 5.91 Å². The van der Waals surface area contributed by atoms with E-state index in [-0.39, 0.29) is 24.5 Å². The lowest BCUT2D eigenvalue weighted by atomic mass is 9.98. The van der Waals surface area contributed by atoms with Gasteiger partial charge in [-0.25, -0.2) is 9.80 Å². The molecule has 0 unspecified atom stereocenters. The van der Waals surface area contributed by atoms with Crippen molar-refractivity contribution in [2.24, 2.45) is 5.10 Å². The van der Waals surface area contributed by atoms with Crippen molar-refractivity contribution in [3.05, 3.63) is 65.7 Å². The van der Waals surface area contributed by atoms with E-state index in [2.05, 4.69) is 10.2 Å². The maximum absolute atomic E-state index is 13.6. The van der Waals surface area contributed by atoms with E-state index >= 15 is 0 Å². The van der Waals surface area contributed by atoms with Gasteiger partial charge >= 0.3 is 6.03 Å². The minimum absolute atomic E-state index is 0.0428. The van der Waals surface area contributed by atoms with Crippen LogP contribution >= 0.6 is 0 Å². The van der Waals surface area contributed by atoms with E-state index in [1.165, 1.54) is 0 Å². The summed E-state index contributed by atoms with van der Waals surface area (Å²) in [5, 5.41) is 9.15. The van der Waals surface area contributed by atoms with Crippen LogP contribution in [0.15, 0.2) is 59.7 Å². The highest BCUT2D eigenvalue weighted by atomic mass is 16.5. The molecule has 1 N–H and O–H groups in total. The second-order valence-corrected chi connectivity index (χ2v) is 8.86. The first-order valence-electron chi connectivity index (χ1n) is 12.5. The van der Waals surface area contributed by atoms with Gasteiger partial charge < -0.3 is 19.7 Å². The molecule has 36 heavy (non-hydrogen) atoms. The number of hydrogen-bond donors (Lipinski definition) is 1. The fourth-order valence-electron chi connectivity index (χ4n) is 4.47. The maximum atomic E-state index is 13.6. The number of nitrogens with one attached hydrogen (secondary N) is 1. The molecule has 1 saturated heterocycles. The molecule has 9 nitrogen and oxygen atoms in total. The van der Waals surface area contributed by atoms with Crippen molar-refractivity contribution in [1.82, 2.24) is 20.1 Å². The summed E-state index contributed by atoms with van der Waals surface area (Å²) < 4.78 is 10.7. The molecule has 1 atom stereocenters. The van der Waals surface area contributed by atoms with Gasteiger partial charge in [-0.15, -0.1) is 0 Å². The quantitative estimate of drug-likeness (QED) is 0.581. The third-order valence-electron chi connectivity index (χ3n) is 6.50. The highest BCUT2D eigenvalue weighted by Gasteiger charge is 2.34. The number of methoxy groups -OCH3 is 1. The molecule has 2 aromatic rings. The molecule has 192 valence electrons. The molecule has 0 aromatic heterocycles. The number of carbonyl (C=O) groups excluding carboxylic acids is 2. The third kappa shape index (κ3) is 6.41. The van der Waals surface area contributed by atoms with Gasteiger partial charge in [0.2, 0.25) is 0 Å². The lowest BCUT2D eigenvalue weighted by Crippen LogP contribution is -2.49. The fourth-order valence-corrected chi connectivity index (χ4v) is 4.47. The van der Waals surface area contributed by atoms with Crippen LogP contribution in [-0.4, -0.2) is 92.1 Å². The lowest BCUT2D eigenvalue weighted by molar-refractivity contribution is -0.133. The number of hydrazone groups is 1. The van der Waals surface area contributed by atoms with E-state index in [0.717, 1.165) is 35.7 Å². The van der Waals surface area contributed by atoms with Crippen molar-refractivity contribution >= 4 is 17.6 Å².